The Morgan fingerprint density at radius 3 is 2.62 bits per heavy atom. The molecule has 0 saturated carbocycles. The van der Waals surface area contributed by atoms with E-state index in [2.05, 4.69) is 22.9 Å². The lowest BCUT2D eigenvalue weighted by molar-refractivity contribution is 0.293. The van der Waals surface area contributed by atoms with Crippen molar-refractivity contribution in [3.05, 3.63) is 18.2 Å². The van der Waals surface area contributed by atoms with Crippen molar-refractivity contribution in [2.75, 3.05) is 36.5 Å². The van der Waals surface area contributed by atoms with Gasteiger partial charge in [0.25, 0.3) is 0 Å². The second-order valence-corrected chi connectivity index (χ2v) is 4.92. The standard InChI is InChI=1S/C12H18N4/c1-15-6-9-5-8(15)7-16(9)11-4-2-3-10(13)12(11)14/h2-4,8-9H,5-7,13-14H2,1H3. The van der Waals surface area contributed by atoms with Gasteiger partial charge in [-0.1, -0.05) is 6.07 Å². The summed E-state index contributed by atoms with van der Waals surface area (Å²) in [4.78, 5) is 4.85. The third kappa shape index (κ3) is 1.26. The first-order valence-electron chi connectivity index (χ1n) is 5.77. The molecule has 16 heavy (non-hydrogen) atoms. The molecule has 2 heterocycles. The van der Waals surface area contributed by atoms with Gasteiger partial charge in [0.15, 0.2) is 0 Å². The molecule has 4 heteroatoms. The Bertz CT molecular complexity index is 415. The molecule has 2 atom stereocenters. The summed E-state index contributed by atoms with van der Waals surface area (Å²) in [5.74, 6) is 0. The number of hydrogen-bond acceptors (Lipinski definition) is 4. The summed E-state index contributed by atoms with van der Waals surface area (Å²) in [5, 5.41) is 0. The largest absolute Gasteiger partial charge is 0.397 e. The lowest BCUT2D eigenvalue weighted by atomic mass is 10.2. The second kappa shape index (κ2) is 3.28. The smallest absolute Gasteiger partial charge is 0.0785 e. The number of rotatable bonds is 1. The van der Waals surface area contributed by atoms with Crippen molar-refractivity contribution in [1.29, 1.82) is 0 Å². The van der Waals surface area contributed by atoms with Crippen LogP contribution < -0.4 is 16.4 Å². The first kappa shape index (κ1) is 9.78. The van der Waals surface area contributed by atoms with E-state index in [1.54, 1.807) is 0 Å². The van der Waals surface area contributed by atoms with E-state index in [1.807, 2.05) is 12.1 Å². The molecular weight excluding hydrogens is 200 g/mol. The van der Waals surface area contributed by atoms with Crippen LogP contribution in [0, 0.1) is 0 Å². The summed E-state index contributed by atoms with van der Waals surface area (Å²) in [7, 11) is 2.20. The van der Waals surface area contributed by atoms with Crippen LogP contribution in [0.4, 0.5) is 17.1 Å². The second-order valence-electron chi connectivity index (χ2n) is 4.92. The molecule has 2 bridgehead atoms. The quantitative estimate of drug-likeness (QED) is 0.683. The average Bonchev–Trinajstić information content (AvgIpc) is 2.80. The van der Waals surface area contributed by atoms with Gasteiger partial charge in [-0.25, -0.2) is 0 Å². The maximum atomic E-state index is 6.05. The molecule has 3 rings (SSSR count). The summed E-state index contributed by atoms with van der Waals surface area (Å²) in [5.41, 5.74) is 14.4. The Morgan fingerprint density at radius 1 is 1.19 bits per heavy atom. The van der Waals surface area contributed by atoms with Crippen LogP contribution in [-0.2, 0) is 0 Å². The molecule has 0 aromatic heterocycles. The van der Waals surface area contributed by atoms with Gasteiger partial charge in [0.05, 0.1) is 17.1 Å². The fourth-order valence-electron chi connectivity index (χ4n) is 2.98. The van der Waals surface area contributed by atoms with Crippen LogP contribution in [0.5, 0.6) is 0 Å². The Labute approximate surface area is 95.8 Å². The Kier molecular flexibility index (Phi) is 2.01. The summed E-state index contributed by atoms with van der Waals surface area (Å²) >= 11 is 0. The van der Waals surface area contributed by atoms with Crippen LogP contribution in [0.25, 0.3) is 0 Å². The van der Waals surface area contributed by atoms with E-state index >= 15 is 0 Å². The van der Waals surface area contributed by atoms with Crippen LogP contribution in [0.1, 0.15) is 6.42 Å². The minimum Gasteiger partial charge on any atom is -0.397 e. The molecule has 1 aromatic rings. The van der Waals surface area contributed by atoms with E-state index < -0.39 is 0 Å². The van der Waals surface area contributed by atoms with Crippen LogP contribution in [-0.4, -0.2) is 37.1 Å². The first-order valence-corrected chi connectivity index (χ1v) is 5.77. The van der Waals surface area contributed by atoms with Crippen LogP contribution >= 0.6 is 0 Å². The van der Waals surface area contributed by atoms with Crippen molar-refractivity contribution in [2.24, 2.45) is 0 Å². The summed E-state index contributed by atoms with van der Waals surface area (Å²) in [6.07, 6.45) is 1.25. The molecule has 0 amide bonds. The van der Waals surface area contributed by atoms with Gasteiger partial charge in [-0.05, 0) is 25.6 Å². The van der Waals surface area contributed by atoms with Gasteiger partial charge in [-0.3, -0.25) is 4.90 Å². The van der Waals surface area contributed by atoms with Gasteiger partial charge in [-0.2, -0.15) is 0 Å². The van der Waals surface area contributed by atoms with Gasteiger partial charge < -0.3 is 16.4 Å². The third-order valence-corrected chi connectivity index (χ3v) is 3.94. The van der Waals surface area contributed by atoms with Crippen molar-refractivity contribution in [2.45, 2.75) is 18.5 Å². The lowest BCUT2D eigenvalue weighted by Crippen LogP contribution is -2.44. The Morgan fingerprint density at radius 2 is 2.00 bits per heavy atom. The third-order valence-electron chi connectivity index (χ3n) is 3.94. The highest BCUT2D eigenvalue weighted by Crippen LogP contribution is 2.37. The number of anilines is 3. The van der Waals surface area contributed by atoms with Crippen molar-refractivity contribution < 1.29 is 0 Å². The normalized spacial score (nSPS) is 28.9. The summed E-state index contributed by atoms with van der Waals surface area (Å²) < 4.78 is 0. The van der Waals surface area contributed by atoms with Crippen molar-refractivity contribution in [3.8, 4) is 0 Å². The molecule has 0 radical (unpaired) electrons. The molecular formula is C12H18N4. The van der Waals surface area contributed by atoms with Crippen molar-refractivity contribution in [3.63, 3.8) is 0 Å². The van der Waals surface area contributed by atoms with Gasteiger partial charge in [-0.15, -0.1) is 0 Å². The molecule has 4 N–H and O–H groups in total. The highest BCUT2D eigenvalue weighted by molar-refractivity contribution is 5.80. The van der Waals surface area contributed by atoms with Gasteiger partial charge in [0.1, 0.15) is 0 Å². The number of fused-ring (bicyclic) bond motifs is 2. The SMILES string of the molecule is CN1CC2CC1CN2c1cccc(N)c1N. The topological polar surface area (TPSA) is 58.5 Å². The molecule has 86 valence electrons. The minimum atomic E-state index is 0.610. The molecule has 4 nitrogen and oxygen atoms in total. The number of para-hydroxylation sites is 1. The van der Waals surface area contributed by atoms with Crippen LogP contribution in [0.15, 0.2) is 18.2 Å². The van der Waals surface area contributed by atoms with E-state index in [9.17, 15) is 0 Å². The van der Waals surface area contributed by atoms with E-state index in [0.29, 0.717) is 17.8 Å². The van der Waals surface area contributed by atoms with Crippen molar-refractivity contribution >= 4 is 17.1 Å². The monoisotopic (exact) mass is 218 g/mol. The molecule has 2 aliphatic rings. The minimum absolute atomic E-state index is 0.610. The summed E-state index contributed by atoms with van der Waals surface area (Å²) in [6.45, 7) is 2.22. The number of piperazine rings is 1. The lowest BCUT2D eigenvalue weighted by Gasteiger charge is -2.34. The van der Waals surface area contributed by atoms with Gasteiger partial charge >= 0.3 is 0 Å². The highest BCUT2D eigenvalue weighted by Gasteiger charge is 2.41. The maximum Gasteiger partial charge on any atom is 0.0785 e. The molecule has 0 spiro atoms. The maximum absolute atomic E-state index is 6.05. The number of likely N-dealkylation sites (tertiary alicyclic amines) is 1. The molecule has 2 unspecified atom stereocenters. The zero-order chi connectivity index (χ0) is 11.3. The van der Waals surface area contributed by atoms with E-state index in [-0.39, 0.29) is 0 Å². The van der Waals surface area contributed by atoms with E-state index in [0.717, 1.165) is 24.5 Å². The predicted octanol–water partition coefficient (Wildman–Crippen LogP) is 0.744. The summed E-state index contributed by atoms with van der Waals surface area (Å²) in [6, 6.07) is 7.22. The van der Waals surface area contributed by atoms with Crippen LogP contribution in [0.3, 0.4) is 0 Å². The van der Waals surface area contributed by atoms with E-state index in [1.165, 1.54) is 6.42 Å². The molecule has 2 fully saturated rings. The number of hydrogen-bond donors (Lipinski definition) is 2. The number of likely N-dealkylation sites (N-methyl/N-ethyl adjacent to an activating group) is 1. The Balaban J connectivity index is 1.92. The first-order chi connectivity index (χ1) is 7.66. The fourth-order valence-corrected chi connectivity index (χ4v) is 2.98. The molecule has 2 saturated heterocycles. The van der Waals surface area contributed by atoms with E-state index in [4.69, 9.17) is 11.5 Å². The van der Waals surface area contributed by atoms with Crippen LogP contribution in [0.2, 0.25) is 0 Å². The highest BCUT2D eigenvalue weighted by atomic mass is 15.3. The number of nitrogen functional groups attached to an aromatic ring is 2. The molecule has 2 aliphatic heterocycles. The number of nitrogens with zero attached hydrogens (tertiary/aromatic N) is 2. The number of benzene rings is 1. The zero-order valence-corrected chi connectivity index (χ0v) is 9.56. The van der Waals surface area contributed by atoms with Gasteiger partial charge in [0.2, 0.25) is 0 Å². The average molecular weight is 218 g/mol. The molecule has 0 aliphatic carbocycles. The fraction of sp³-hybridized carbons (Fsp3) is 0.500. The number of nitrogens with two attached hydrogens (primary N) is 2. The van der Waals surface area contributed by atoms with Gasteiger partial charge in [0, 0.05) is 25.2 Å². The van der Waals surface area contributed by atoms with Crippen molar-refractivity contribution in [1.82, 2.24) is 4.90 Å². The zero-order valence-electron chi connectivity index (χ0n) is 9.56. The predicted molar refractivity (Wildman–Crippen MR) is 67.4 cm³/mol. The molecule has 1 aromatic carbocycles. The Hall–Kier alpha value is -1.42.